The summed E-state index contributed by atoms with van der Waals surface area (Å²) in [7, 11) is 0. The third kappa shape index (κ3) is 3.70. The summed E-state index contributed by atoms with van der Waals surface area (Å²) in [4.78, 5) is 0. The number of nitrogens with zero attached hydrogens (tertiary/aromatic N) is 2. The van der Waals surface area contributed by atoms with Gasteiger partial charge in [-0.15, -0.1) is 5.10 Å². The van der Waals surface area contributed by atoms with Crippen LogP contribution < -0.4 is 10.5 Å². The van der Waals surface area contributed by atoms with Gasteiger partial charge in [0.1, 0.15) is 0 Å². The lowest BCUT2D eigenvalue weighted by Gasteiger charge is -2.03. The van der Waals surface area contributed by atoms with Crippen LogP contribution in [0.2, 0.25) is 0 Å². The summed E-state index contributed by atoms with van der Waals surface area (Å²) in [6.07, 6.45) is 3.45. The summed E-state index contributed by atoms with van der Waals surface area (Å²) < 4.78 is 5.39. The van der Waals surface area contributed by atoms with E-state index in [1.165, 1.54) is 12.8 Å². The molecule has 0 spiro atoms. The van der Waals surface area contributed by atoms with E-state index in [2.05, 4.69) is 17.1 Å². The van der Waals surface area contributed by atoms with E-state index in [1.54, 1.807) is 6.07 Å². The normalized spacial score (nSPS) is 10.1. The summed E-state index contributed by atoms with van der Waals surface area (Å²) >= 11 is 0. The van der Waals surface area contributed by atoms with E-state index in [1.807, 2.05) is 6.07 Å². The van der Waals surface area contributed by atoms with Gasteiger partial charge in [0.25, 0.3) is 0 Å². The Balaban J connectivity index is 2.29. The molecule has 4 heteroatoms. The molecule has 0 aliphatic carbocycles. The Hall–Kier alpha value is -1.16. The summed E-state index contributed by atoms with van der Waals surface area (Å²) in [5, 5.41) is 7.79. The average molecular weight is 195 g/mol. The fourth-order valence-electron chi connectivity index (χ4n) is 1.06. The molecule has 0 unspecified atom stereocenters. The van der Waals surface area contributed by atoms with Gasteiger partial charge in [-0.25, -0.2) is 0 Å². The Kier molecular flexibility index (Phi) is 4.93. The predicted octanol–water partition coefficient (Wildman–Crippen LogP) is 1.50. The van der Waals surface area contributed by atoms with E-state index < -0.39 is 0 Å². The molecule has 14 heavy (non-hydrogen) atoms. The maximum absolute atomic E-state index is 5.40. The molecule has 4 nitrogen and oxygen atoms in total. The minimum atomic E-state index is 0.420. The van der Waals surface area contributed by atoms with Gasteiger partial charge < -0.3 is 10.5 Å². The van der Waals surface area contributed by atoms with E-state index in [0.29, 0.717) is 19.0 Å². The summed E-state index contributed by atoms with van der Waals surface area (Å²) in [5.41, 5.74) is 6.18. The first-order valence-corrected chi connectivity index (χ1v) is 5.02. The standard InChI is InChI=1S/C10H17N3O/c1-2-3-4-7-14-10-6-5-9(8-11)12-13-10/h5-6H,2-4,7-8,11H2,1H3. The van der Waals surface area contributed by atoms with Crippen molar-refractivity contribution in [1.29, 1.82) is 0 Å². The van der Waals surface area contributed by atoms with Crippen LogP contribution in [0.1, 0.15) is 31.9 Å². The van der Waals surface area contributed by atoms with Crippen LogP contribution in [0.4, 0.5) is 0 Å². The third-order valence-electron chi connectivity index (χ3n) is 1.90. The monoisotopic (exact) mass is 195 g/mol. The quantitative estimate of drug-likeness (QED) is 0.699. The van der Waals surface area contributed by atoms with Crippen LogP contribution in [0.15, 0.2) is 12.1 Å². The number of hydrogen-bond acceptors (Lipinski definition) is 4. The van der Waals surface area contributed by atoms with Gasteiger partial charge in [0.2, 0.25) is 5.88 Å². The molecular formula is C10H17N3O. The van der Waals surface area contributed by atoms with Crippen LogP contribution >= 0.6 is 0 Å². The number of nitrogens with two attached hydrogens (primary N) is 1. The Morgan fingerprint density at radius 1 is 1.29 bits per heavy atom. The SMILES string of the molecule is CCCCCOc1ccc(CN)nn1. The highest BCUT2D eigenvalue weighted by Gasteiger charge is 1.96. The molecule has 1 aromatic rings. The molecular weight excluding hydrogens is 178 g/mol. The molecule has 0 radical (unpaired) electrons. The van der Waals surface area contributed by atoms with Crippen molar-refractivity contribution in [3.05, 3.63) is 17.8 Å². The Bertz CT molecular complexity index is 248. The van der Waals surface area contributed by atoms with E-state index in [-0.39, 0.29) is 0 Å². The molecule has 0 saturated heterocycles. The number of unbranched alkanes of at least 4 members (excludes halogenated alkanes) is 2. The second kappa shape index (κ2) is 6.32. The van der Waals surface area contributed by atoms with Crippen LogP contribution in [-0.4, -0.2) is 16.8 Å². The molecule has 2 N–H and O–H groups in total. The fraction of sp³-hybridized carbons (Fsp3) is 0.600. The van der Waals surface area contributed by atoms with Gasteiger partial charge in [-0.05, 0) is 12.5 Å². The minimum Gasteiger partial charge on any atom is -0.477 e. The third-order valence-corrected chi connectivity index (χ3v) is 1.90. The molecule has 78 valence electrons. The van der Waals surface area contributed by atoms with Gasteiger partial charge in [0.15, 0.2) is 0 Å². The lowest BCUT2D eigenvalue weighted by Crippen LogP contribution is -2.04. The summed E-state index contributed by atoms with van der Waals surface area (Å²) in [5.74, 6) is 0.582. The Morgan fingerprint density at radius 3 is 2.71 bits per heavy atom. The van der Waals surface area contributed by atoms with Crippen molar-refractivity contribution in [2.75, 3.05) is 6.61 Å². The van der Waals surface area contributed by atoms with E-state index >= 15 is 0 Å². The first kappa shape index (κ1) is 10.9. The molecule has 0 amide bonds. The van der Waals surface area contributed by atoms with Crippen molar-refractivity contribution in [3.8, 4) is 5.88 Å². The van der Waals surface area contributed by atoms with Gasteiger partial charge >= 0.3 is 0 Å². The molecule has 0 aliphatic heterocycles. The smallest absolute Gasteiger partial charge is 0.233 e. The molecule has 0 atom stereocenters. The van der Waals surface area contributed by atoms with Crippen LogP contribution in [0.25, 0.3) is 0 Å². The molecule has 0 bridgehead atoms. The van der Waals surface area contributed by atoms with Gasteiger partial charge in [-0.2, -0.15) is 5.10 Å². The van der Waals surface area contributed by atoms with E-state index in [4.69, 9.17) is 10.5 Å². The highest BCUT2D eigenvalue weighted by atomic mass is 16.5. The summed E-state index contributed by atoms with van der Waals surface area (Å²) in [6, 6.07) is 3.64. The largest absolute Gasteiger partial charge is 0.477 e. The van der Waals surface area contributed by atoms with Crippen molar-refractivity contribution in [2.24, 2.45) is 5.73 Å². The molecule has 1 heterocycles. The topological polar surface area (TPSA) is 61.0 Å². The first-order valence-electron chi connectivity index (χ1n) is 5.02. The van der Waals surface area contributed by atoms with Crippen molar-refractivity contribution in [3.63, 3.8) is 0 Å². The average Bonchev–Trinajstić information content (AvgIpc) is 2.25. The number of aromatic nitrogens is 2. The van der Waals surface area contributed by atoms with E-state index in [9.17, 15) is 0 Å². The number of rotatable bonds is 6. The van der Waals surface area contributed by atoms with Crippen LogP contribution in [0.5, 0.6) is 5.88 Å². The predicted molar refractivity (Wildman–Crippen MR) is 54.9 cm³/mol. The van der Waals surface area contributed by atoms with Gasteiger partial charge in [-0.1, -0.05) is 19.8 Å². The van der Waals surface area contributed by atoms with Gasteiger partial charge in [0.05, 0.1) is 12.3 Å². The highest BCUT2D eigenvalue weighted by molar-refractivity contribution is 5.10. The molecule has 0 saturated carbocycles. The Morgan fingerprint density at radius 2 is 2.14 bits per heavy atom. The zero-order valence-electron chi connectivity index (χ0n) is 8.57. The molecule has 0 aliphatic rings. The zero-order valence-corrected chi connectivity index (χ0v) is 8.57. The van der Waals surface area contributed by atoms with Crippen molar-refractivity contribution < 1.29 is 4.74 Å². The molecule has 0 fully saturated rings. The van der Waals surface area contributed by atoms with Crippen LogP contribution in [0, 0.1) is 0 Å². The lowest BCUT2D eigenvalue weighted by atomic mass is 10.3. The van der Waals surface area contributed by atoms with E-state index in [0.717, 1.165) is 12.1 Å². The molecule has 1 rings (SSSR count). The van der Waals surface area contributed by atoms with Crippen LogP contribution in [-0.2, 0) is 6.54 Å². The van der Waals surface area contributed by atoms with Gasteiger partial charge in [0, 0.05) is 12.6 Å². The van der Waals surface area contributed by atoms with Crippen molar-refractivity contribution in [1.82, 2.24) is 10.2 Å². The lowest BCUT2D eigenvalue weighted by molar-refractivity contribution is 0.291. The van der Waals surface area contributed by atoms with Crippen molar-refractivity contribution in [2.45, 2.75) is 32.7 Å². The second-order valence-electron chi connectivity index (χ2n) is 3.12. The van der Waals surface area contributed by atoms with Crippen LogP contribution in [0.3, 0.4) is 0 Å². The highest BCUT2D eigenvalue weighted by Crippen LogP contribution is 2.05. The molecule has 0 aromatic carbocycles. The second-order valence-corrected chi connectivity index (χ2v) is 3.12. The molecule has 1 aromatic heterocycles. The summed E-state index contributed by atoms with van der Waals surface area (Å²) in [6.45, 7) is 3.30. The zero-order chi connectivity index (χ0) is 10.2. The fourth-order valence-corrected chi connectivity index (χ4v) is 1.06. The Labute approximate surface area is 84.5 Å². The maximum atomic E-state index is 5.40. The first-order chi connectivity index (χ1) is 6.86. The minimum absolute atomic E-state index is 0.420. The van der Waals surface area contributed by atoms with Crippen molar-refractivity contribution >= 4 is 0 Å². The number of ether oxygens (including phenoxy) is 1. The number of hydrogen-bond donors (Lipinski definition) is 1. The maximum Gasteiger partial charge on any atom is 0.233 e. The van der Waals surface area contributed by atoms with Gasteiger partial charge in [-0.3, -0.25) is 0 Å².